The standard InChI is InChI=1S/C18H22N6O4/c1-11(2)27-18(26)28-14-7-5-4-6-12(14)23-24-13-8-9-15(22-17(13)19)21-16(25)10-20-3/h4-9,11,20H,10H2,1-3H3,(H3,19,21,22,25). The normalized spacial score (nSPS) is 10.9. The zero-order valence-electron chi connectivity index (χ0n) is 15.8. The van der Waals surface area contributed by atoms with E-state index in [-0.39, 0.29) is 30.1 Å². The quantitative estimate of drug-likeness (QED) is 0.377. The average Bonchev–Trinajstić information content (AvgIpc) is 2.61. The maximum absolute atomic E-state index is 11.7. The number of hydrogen-bond donors (Lipinski definition) is 3. The molecular weight excluding hydrogens is 364 g/mol. The van der Waals surface area contributed by atoms with Crippen LogP contribution in [-0.2, 0) is 9.53 Å². The number of pyridine rings is 1. The van der Waals surface area contributed by atoms with Crippen LogP contribution in [0.25, 0.3) is 0 Å². The highest BCUT2D eigenvalue weighted by molar-refractivity contribution is 5.91. The molecule has 0 spiro atoms. The molecule has 148 valence electrons. The van der Waals surface area contributed by atoms with Crippen molar-refractivity contribution < 1.29 is 19.1 Å². The Kier molecular flexibility index (Phi) is 7.40. The van der Waals surface area contributed by atoms with Gasteiger partial charge in [0.25, 0.3) is 0 Å². The van der Waals surface area contributed by atoms with E-state index >= 15 is 0 Å². The van der Waals surface area contributed by atoms with Gasteiger partial charge in [0.05, 0.1) is 12.6 Å². The first-order chi connectivity index (χ1) is 13.4. The molecule has 0 unspecified atom stereocenters. The number of carbonyl (C=O) groups is 2. The van der Waals surface area contributed by atoms with Gasteiger partial charge in [-0.25, -0.2) is 9.78 Å². The summed E-state index contributed by atoms with van der Waals surface area (Å²) in [4.78, 5) is 27.3. The van der Waals surface area contributed by atoms with Crippen molar-refractivity contribution in [1.29, 1.82) is 0 Å². The van der Waals surface area contributed by atoms with Gasteiger partial charge in [0, 0.05) is 0 Å². The van der Waals surface area contributed by atoms with E-state index in [1.54, 1.807) is 57.3 Å². The Morgan fingerprint density at radius 2 is 1.86 bits per heavy atom. The number of azo groups is 1. The summed E-state index contributed by atoms with van der Waals surface area (Å²) in [5.74, 6) is 0.336. The average molecular weight is 386 g/mol. The molecule has 0 atom stereocenters. The topological polar surface area (TPSA) is 140 Å². The summed E-state index contributed by atoms with van der Waals surface area (Å²) >= 11 is 0. The van der Waals surface area contributed by atoms with Crippen LogP contribution in [0, 0.1) is 0 Å². The number of hydrogen-bond acceptors (Lipinski definition) is 9. The largest absolute Gasteiger partial charge is 0.514 e. The zero-order chi connectivity index (χ0) is 20.5. The second-order valence-corrected chi connectivity index (χ2v) is 5.87. The van der Waals surface area contributed by atoms with E-state index in [4.69, 9.17) is 15.2 Å². The molecular formula is C18H22N6O4. The number of nitrogens with one attached hydrogen (secondary N) is 2. The van der Waals surface area contributed by atoms with E-state index < -0.39 is 6.16 Å². The zero-order valence-corrected chi connectivity index (χ0v) is 15.8. The molecule has 0 saturated heterocycles. The Morgan fingerprint density at radius 1 is 1.14 bits per heavy atom. The minimum Gasteiger partial charge on any atom is -0.431 e. The monoisotopic (exact) mass is 386 g/mol. The number of aromatic nitrogens is 1. The fourth-order valence-corrected chi connectivity index (χ4v) is 2.01. The van der Waals surface area contributed by atoms with Crippen molar-refractivity contribution in [2.75, 3.05) is 24.6 Å². The third-order valence-electron chi connectivity index (χ3n) is 3.16. The van der Waals surface area contributed by atoms with Crippen molar-refractivity contribution in [2.45, 2.75) is 20.0 Å². The van der Waals surface area contributed by atoms with Gasteiger partial charge >= 0.3 is 6.16 Å². The molecule has 0 aliphatic rings. The number of nitrogens with two attached hydrogens (primary N) is 1. The lowest BCUT2D eigenvalue weighted by Gasteiger charge is -2.09. The molecule has 1 amide bonds. The highest BCUT2D eigenvalue weighted by atomic mass is 16.7. The number of para-hydroxylation sites is 1. The highest BCUT2D eigenvalue weighted by Crippen LogP contribution is 2.30. The maximum Gasteiger partial charge on any atom is 0.514 e. The van der Waals surface area contributed by atoms with Gasteiger partial charge in [0.15, 0.2) is 11.6 Å². The Bertz CT molecular complexity index is 869. The number of anilines is 2. The van der Waals surface area contributed by atoms with Crippen molar-refractivity contribution in [3.63, 3.8) is 0 Å². The molecule has 28 heavy (non-hydrogen) atoms. The van der Waals surface area contributed by atoms with Crippen molar-refractivity contribution >= 4 is 35.1 Å². The minimum atomic E-state index is -0.833. The number of benzene rings is 1. The Hall–Kier alpha value is -3.53. The van der Waals surface area contributed by atoms with Crippen LogP contribution in [0.5, 0.6) is 5.75 Å². The molecule has 0 saturated carbocycles. The summed E-state index contributed by atoms with van der Waals surface area (Å²) in [6.45, 7) is 3.58. The molecule has 0 radical (unpaired) electrons. The lowest BCUT2D eigenvalue weighted by Crippen LogP contribution is -2.25. The third kappa shape index (κ3) is 6.32. The molecule has 0 fully saturated rings. The number of rotatable bonds is 7. The molecule has 1 heterocycles. The smallest absolute Gasteiger partial charge is 0.431 e. The van der Waals surface area contributed by atoms with Crippen LogP contribution in [0.3, 0.4) is 0 Å². The molecule has 1 aromatic heterocycles. The summed E-state index contributed by atoms with van der Waals surface area (Å²) < 4.78 is 10.1. The SMILES string of the molecule is CNCC(=O)Nc1ccc(N=Nc2ccccc2OC(=O)OC(C)C)c(N)n1. The van der Waals surface area contributed by atoms with E-state index in [0.717, 1.165) is 0 Å². The maximum atomic E-state index is 11.7. The Balaban J connectivity index is 2.13. The van der Waals surface area contributed by atoms with Crippen LogP contribution in [0.15, 0.2) is 46.6 Å². The summed E-state index contributed by atoms with van der Waals surface area (Å²) in [6, 6.07) is 9.72. The van der Waals surface area contributed by atoms with Gasteiger partial charge in [-0.05, 0) is 45.2 Å². The minimum absolute atomic E-state index is 0.0867. The van der Waals surface area contributed by atoms with Gasteiger partial charge in [-0.1, -0.05) is 12.1 Å². The van der Waals surface area contributed by atoms with Crippen LogP contribution in [0.1, 0.15) is 13.8 Å². The van der Waals surface area contributed by atoms with E-state index in [9.17, 15) is 9.59 Å². The van der Waals surface area contributed by atoms with Crippen LogP contribution in [0.4, 0.5) is 27.8 Å². The van der Waals surface area contributed by atoms with Crippen molar-refractivity contribution in [3.05, 3.63) is 36.4 Å². The first-order valence-electron chi connectivity index (χ1n) is 8.49. The Labute approximate surface area is 162 Å². The van der Waals surface area contributed by atoms with Crippen molar-refractivity contribution in [2.24, 2.45) is 10.2 Å². The van der Waals surface area contributed by atoms with Crippen molar-refractivity contribution in [1.82, 2.24) is 10.3 Å². The van der Waals surface area contributed by atoms with Gasteiger partial charge in [-0.15, -0.1) is 10.2 Å². The fourth-order valence-electron chi connectivity index (χ4n) is 2.01. The Morgan fingerprint density at radius 3 is 2.54 bits per heavy atom. The van der Waals surface area contributed by atoms with Crippen LogP contribution >= 0.6 is 0 Å². The van der Waals surface area contributed by atoms with Crippen molar-refractivity contribution in [3.8, 4) is 5.75 Å². The van der Waals surface area contributed by atoms with Crippen LogP contribution < -0.4 is 21.1 Å². The van der Waals surface area contributed by atoms with Crippen LogP contribution in [0.2, 0.25) is 0 Å². The predicted octanol–water partition coefficient (Wildman–Crippen LogP) is 3.16. The highest BCUT2D eigenvalue weighted by Gasteiger charge is 2.12. The van der Waals surface area contributed by atoms with E-state index in [1.807, 2.05) is 0 Å². The molecule has 2 rings (SSSR count). The second-order valence-electron chi connectivity index (χ2n) is 5.87. The van der Waals surface area contributed by atoms with Gasteiger partial charge in [0.1, 0.15) is 17.2 Å². The van der Waals surface area contributed by atoms with Gasteiger partial charge in [-0.3, -0.25) is 4.79 Å². The first-order valence-corrected chi connectivity index (χ1v) is 8.49. The molecule has 0 aliphatic heterocycles. The van der Waals surface area contributed by atoms with E-state index in [2.05, 4.69) is 25.8 Å². The summed E-state index contributed by atoms with van der Waals surface area (Å²) in [5.41, 5.74) is 6.48. The summed E-state index contributed by atoms with van der Waals surface area (Å²) in [5, 5.41) is 13.4. The second kappa shape index (κ2) is 9.97. The molecule has 0 bridgehead atoms. The molecule has 10 nitrogen and oxygen atoms in total. The molecule has 1 aromatic carbocycles. The number of amides is 1. The number of likely N-dealkylation sites (N-methyl/N-ethyl adjacent to an activating group) is 1. The predicted molar refractivity (Wildman–Crippen MR) is 104 cm³/mol. The fraction of sp³-hybridized carbons (Fsp3) is 0.278. The van der Waals surface area contributed by atoms with Gasteiger partial charge < -0.3 is 25.8 Å². The molecule has 10 heteroatoms. The van der Waals surface area contributed by atoms with Crippen LogP contribution in [-0.4, -0.2) is 36.7 Å². The van der Waals surface area contributed by atoms with Gasteiger partial charge in [-0.2, -0.15) is 0 Å². The number of carbonyl (C=O) groups excluding carboxylic acids is 2. The summed E-state index contributed by atoms with van der Waals surface area (Å²) in [6.07, 6.45) is -1.14. The van der Waals surface area contributed by atoms with Gasteiger partial charge in [0.2, 0.25) is 5.91 Å². The van der Waals surface area contributed by atoms with E-state index in [0.29, 0.717) is 17.2 Å². The number of nitrogens with zero attached hydrogens (tertiary/aromatic N) is 3. The number of nitrogen functional groups attached to an aromatic ring is 1. The molecule has 0 aliphatic carbocycles. The lowest BCUT2D eigenvalue weighted by atomic mass is 10.3. The first kappa shape index (κ1) is 20.8. The lowest BCUT2D eigenvalue weighted by molar-refractivity contribution is -0.115. The summed E-state index contributed by atoms with van der Waals surface area (Å²) in [7, 11) is 1.66. The molecule has 4 N–H and O–H groups in total. The number of ether oxygens (including phenoxy) is 2. The molecule has 2 aromatic rings. The van der Waals surface area contributed by atoms with E-state index in [1.165, 1.54) is 0 Å². The third-order valence-corrected chi connectivity index (χ3v) is 3.16.